The highest BCUT2D eigenvalue weighted by Crippen LogP contribution is 2.29. The van der Waals surface area contributed by atoms with Crippen LogP contribution >= 0.6 is 0 Å². The lowest BCUT2D eigenvalue weighted by Gasteiger charge is -2.07. The highest BCUT2D eigenvalue weighted by Gasteiger charge is 2.15. The lowest BCUT2D eigenvalue weighted by Crippen LogP contribution is -2.02. The molecule has 4 rings (SSSR count). The van der Waals surface area contributed by atoms with Crippen LogP contribution in [-0.2, 0) is 6.54 Å². The SMILES string of the molecule is Cc1nnc(Cn2ncc3ncc(-c4ccc(F)c(C(F)F)c4)cc32)o1. The summed E-state index contributed by atoms with van der Waals surface area (Å²) in [4.78, 5) is 4.29. The standard InChI is InChI=1S/C17H12F3N5O/c1-9-23-24-16(26-9)8-25-15-5-11(6-21-14(15)7-22-25)10-2-3-13(18)12(4-10)17(19)20/h2-7,17H,8H2,1H3. The van der Waals surface area contributed by atoms with Gasteiger partial charge in [0.2, 0.25) is 11.8 Å². The van der Waals surface area contributed by atoms with Crippen molar-refractivity contribution >= 4 is 11.0 Å². The predicted molar refractivity (Wildman–Crippen MR) is 86.0 cm³/mol. The van der Waals surface area contributed by atoms with E-state index in [1.807, 2.05) is 0 Å². The van der Waals surface area contributed by atoms with Gasteiger partial charge in [0.25, 0.3) is 6.43 Å². The summed E-state index contributed by atoms with van der Waals surface area (Å²) in [6, 6.07) is 5.34. The second kappa shape index (κ2) is 6.25. The molecule has 3 heterocycles. The van der Waals surface area contributed by atoms with Gasteiger partial charge in [-0.1, -0.05) is 6.07 Å². The van der Waals surface area contributed by atoms with Crippen LogP contribution in [0.2, 0.25) is 0 Å². The summed E-state index contributed by atoms with van der Waals surface area (Å²) in [5, 5.41) is 11.9. The zero-order valence-electron chi connectivity index (χ0n) is 13.5. The van der Waals surface area contributed by atoms with Crippen LogP contribution in [0.4, 0.5) is 13.2 Å². The Morgan fingerprint density at radius 2 is 1.96 bits per heavy atom. The predicted octanol–water partition coefficient (Wildman–Crippen LogP) is 3.91. The minimum Gasteiger partial charge on any atom is -0.424 e. The number of hydrogen-bond donors (Lipinski definition) is 0. The van der Waals surface area contributed by atoms with Crippen molar-refractivity contribution in [1.82, 2.24) is 25.0 Å². The van der Waals surface area contributed by atoms with Crippen LogP contribution in [-0.4, -0.2) is 25.0 Å². The van der Waals surface area contributed by atoms with Crippen LogP contribution in [0.25, 0.3) is 22.2 Å². The van der Waals surface area contributed by atoms with Crippen LogP contribution in [0.1, 0.15) is 23.8 Å². The summed E-state index contributed by atoms with van der Waals surface area (Å²) in [7, 11) is 0. The van der Waals surface area contributed by atoms with Gasteiger partial charge < -0.3 is 4.42 Å². The molecule has 0 spiro atoms. The van der Waals surface area contributed by atoms with Gasteiger partial charge in [0.1, 0.15) is 17.9 Å². The summed E-state index contributed by atoms with van der Waals surface area (Å²) < 4.78 is 46.4. The molecule has 6 nitrogen and oxygen atoms in total. The molecule has 3 aromatic heterocycles. The first-order valence-electron chi connectivity index (χ1n) is 7.70. The van der Waals surface area contributed by atoms with E-state index in [1.54, 1.807) is 23.9 Å². The Labute approximate surface area is 145 Å². The second-order valence-corrected chi connectivity index (χ2v) is 5.68. The Hall–Kier alpha value is -3.23. The number of fused-ring (bicyclic) bond motifs is 1. The van der Waals surface area contributed by atoms with Crippen molar-refractivity contribution in [2.45, 2.75) is 19.9 Å². The Kier molecular flexibility index (Phi) is 3.90. The maximum atomic E-state index is 13.5. The minimum absolute atomic E-state index is 0.251. The van der Waals surface area contributed by atoms with Crippen molar-refractivity contribution in [1.29, 1.82) is 0 Å². The van der Waals surface area contributed by atoms with E-state index in [2.05, 4.69) is 20.3 Å². The minimum atomic E-state index is -2.89. The van der Waals surface area contributed by atoms with Gasteiger partial charge in [0.15, 0.2) is 0 Å². The van der Waals surface area contributed by atoms with Crippen LogP contribution in [0, 0.1) is 12.7 Å². The Bertz CT molecular complexity index is 1090. The number of aryl methyl sites for hydroxylation is 1. The summed E-state index contributed by atoms with van der Waals surface area (Å²) >= 11 is 0. The molecule has 0 aliphatic carbocycles. The van der Waals surface area contributed by atoms with E-state index < -0.39 is 17.8 Å². The van der Waals surface area contributed by atoms with Crippen molar-refractivity contribution in [3.63, 3.8) is 0 Å². The Morgan fingerprint density at radius 1 is 1.12 bits per heavy atom. The number of hydrogen-bond acceptors (Lipinski definition) is 5. The van der Waals surface area contributed by atoms with Gasteiger partial charge in [0.05, 0.1) is 17.3 Å². The van der Waals surface area contributed by atoms with Gasteiger partial charge in [-0.3, -0.25) is 9.67 Å². The maximum absolute atomic E-state index is 13.5. The van der Waals surface area contributed by atoms with Crippen LogP contribution < -0.4 is 0 Å². The molecule has 26 heavy (non-hydrogen) atoms. The number of benzene rings is 1. The molecule has 0 saturated heterocycles. The number of alkyl halides is 2. The van der Waals surface area contributed by atoms with E-state index >= 15 is 0 Å². The molecule has 0 unspecified atom stereocenters. The normalized spacial score (nSPS) is 11.6. The zero-order chi connectivity index (χ0) is 18.3. The van der Waals surface area contributed by atoms with Crippen molar-refractivity contribution in [3.05, 3.63) is 59.8 Å². The second-order valence-electron chi connectivity index (χ2n) is 5.68. The summed E-state index contributed by atoms with van der Waals surface area (Å²) in [5.74, 6) is -0.101. The number of rotatable bonds is 4. The average molecular weight is 359 g/mol. The number of pyridine rings is 1. The largest absolute Gasteiger partial charge is 0.424 e. The zero-order valence-corrected chi connectivity index (χ0v) is 13.5. The van der Waals surface area contributed by atoms with E-state index in [1.165, 1.54) is 12.3 Å². The summed E-state index contributed by atoms with van der Waals surface area (Å²) in [6.07, 6.45) is 0.226. The fourth-order valence-corrected chi connectivity index (χ4v) is 2.66. The fourth-order valence-electron chi connectivity index (χ4n) is 2.66. The van der Waals surface area contributed by atoms with Gasteiger partial charge in [-0.2, -0.15) is 5.10 Å². The summed E-state index contributed by atoms with van der Waals surface area (Å²) in [6.45, 7) is 1.94. The molecule has 132 valence electrons. The monoisotopic (exact) mass is 359 g/mol. The lowest BCUT2D eigenvalue weighted by atomic mass is 10.0. The number of aromatic nitrogens is 5. The van der Waals surface area contributed by atoms with Crippen LogP contribution in [0.3, 0.4) is 0 Å². The molecule has 0 N–H and O–H groups in total. The van der Waals surface area contributed by atoms with Crippen molar-refractivity contribution in [2.75, 3.05) is 0 Å². The molecule has 0 atom stereocenters. The lowest BCUT2D eigenvalue weighted by molar-refractivity contribution is 0.146. The molecular formula is C17H12F3N5O. The number of halogens is 3. The summed E-state index contributed by atoms with van der Waals surface area (Å²) in [5.41, 5.74) is 1.67. The van der Waals surface area contributed by atoms with E-state index in [9.17, 15) is 13.2 Å². The molecular weight excluding hydrogens is 347 g/mol. The van der Waals surface area contributed by atoms with Crippen molar-refractivity contribution in [2.24, 2.45) is 0 Å². The van der Waals surface area contributed by atoms with E-state index in [0.717, 1.165) is 12.1 Å². The van der Waals surface area contributed by atoms with Gasteiger partial charge >= 0.3 is 0 Å². The van der Waals surface area contributed by atoms with Crippen molar-refractivity contribution < 1.29 is 17.6 Å². The van der Waals surface area contributed by atoms with Gasteiger partial charge in [-0.05, 0) is 23.8 Å². The molecule has 0 saturated carbocycles. The van der Waals surface area contributed by atoms with Crippen molar-refractivity contribution in [3.8, 4) is 11.1 Å². The fraction of sp³-hybridized carbons (Fsp3) is 0.176. The number of nitrogens with zero attached hydrogens (tertiary/aromatic N) is 5. The molecule has 1 aromatic carbocycles. The van der Waals surface area contributed by atoms with Gasteiger partial charge in [0, 0.05) is 18.7 Å². The average Bonchev–Trinajstić information content (AvgIpc) is 3.21. The van der Waals surface area contributed by atoms with Gasteiger partial charge in [-0.25, -0.2) is 13.2 Å². The molecule has 4 aromatic rings. The first kappa shape index (κ1) is 16.2. The van der Waals surface area contributed by atoms with E-state index in [4.69, 9.17) is 4.42 Å². The molecule has 0 fully saturated rings. The molecule has 0 amide bonds. The first-order chi connectivity index (χ1) is 12.5. The third-order valence-corrected chi connectivity index (χ3v) is 3.91. The molecule has 0 radical (unpaired) electrons. The third-order valence-electron chi connectivity index (χ3n) is 3.91. The highest BCUT2D eigenvalue weighted by atomic mass is 19.3. The van der Waals surface area contributed by atoms with Crippen LogP contribution in [0.5, 0.6) is 0 Å². The molecule has 9 heteroatoms. The van der Waals surface area contributed by atoms with Crippen LogP contribution in [0.15, 0.2) is 41.1 Å². The third kappa shape index (κ3) is 2.92. The topological polar surface area (TPSA) is 69.6 Å². The quantitative estimate of drug-likeness (QED) is 0.552. The first-order valence-corrected chi connectivity index (χ1v) is 7.70. The Balaban J connectivity index is 1.75. The Morgan fingerprint density at radius 3 is 2.69 bits per heavy atom. The highest BCUT2D eigenvalue weighted by molar-refractivity contribution is 5.80. The van der Waals surface area contributed by atoms with E-state index in [-0.39, 0.29) is 6.54 Å². The molecule has 0 aliphatic rings. The van der Waals surface area contributed by atoms with E-state index in [0.29, 0.717) is 33.9 Å². The molecule has 0 bridgehead atoms. The maximum Gasteiger partial charge on any atom is 0.266 e. The van der Waals surface area contributed by atoms with Gasteiger partial charge in [-0.15, -0.1) is 10.2 Å². The smallest absolute Gasteiger partial charge is 0.266 e. The molecule has 0 aliphatic heterocycles.